The lowest BCUT2D eigenvalue weighted by molar-refractivity contribution is -0.870. The summed E-state index contributed by atoms with van der Waals surface area (Å²) in [4.78, 5) is 40.1. The van der Waals surface area contributed by atoms with E-state index in [0.717, 1.165) is 77.0 Å². The summed E-state index contributed by atoms with van der Waals surface area (Å²) in [6, 6.07) is -0.898. The Balaban J connectivity index is 5.07. The van der Waals surface area contributed by atoms with Gasteiger partial charge in [0, 0.05) is 12.8 Å². The van der Waals surface area contributed by atoms with Crippen LogP contribution in [0, 0.1) is 0 Å². The predicted octanol–water partition coefficient (Wildman–Crippen LogP) is 21.0. The van der Waals surface area contributed by atoms with Crippen molar-refractivity contribution in [3.63, 3.8) is 0 Å². The van der Waals surface area contributed by atoms with E-state index in [1.807, 2.05) is 33.3 Å². The van der Waals surface area contributed by atoms with Crippen LogP contribution < -0.4 is 10.2 Å². The van der Waals surface area contributed by atoms with E-state index in [-0.39, 0.29) is 24.9 Å². The van der Waals surface area contributed by atoms with Gasteiger partial charge in [0.15, 0.2) is 0 Å². The van der Waals surface area contributed by atoms with Gasteiger partial charge in [-0.3, -0.25) is 14.2 Å². The zero-order valence-corrected chi connectivity index (χ0v) is 54.7. The highest BCUT2D eigenvalue weighted by Gasteiger charge is 2.27. The first-order chi connectivity index (χ1) is 38.9. The van der Waals surface area contributed by atoms with Gasteiger partial charge < -0.3 is 28.5 Å². The van der Waals surface area contributed by atoms with Crippen molar-refractivity contribution in [2.45, 2.75) is 348 Å². The van der Waals surface area contributed by atoms with Crippen LogP contribution in [0.2, 0.25) is 0 Å². The van der Waals surface area contributed by atoms with Gasteiger partial charge in [0.05, 0.1) is 33.8 Å². The highest BCUT2D eigenvalue weighted by molar-refractivity contribution is 7.45. The molecule has 470 valence electrons. The molecule has 3 atom stereocenters. The number of quaternary nitrogens is 1. The van der Waals surface area contributed by atoms with Gasteiger partial charge in [-0.1, -0.05) is 301 Å². The first kappa shape index (κ1) is 78.0. The Bertz CT molecular complexity index is 1510. The standard InChI is InChI=1S/C70H133N2O7P/c1-7-10-13-16-19-22-25-28-30-32-33-34-35-36-37-38-39-41-43-45-48-51-54-57-60-63-70(74)79-68(61-58-55-52-49-46-27-24-21-18-15-12-9-3)67(66-78-80(75,76)77-65-64-72(4,5)6)71-69(73)62-59-56-53-50-47-44-42-40-31-29-26-23-20-17-14-11-8-2/h20,23,29,31,42,44,58,61,67-68H,7-19,21-22,24-28,30,32-41,43,45-57,59-60,62-66H2,1-6H3,(H-,71,73,75,76)/b23-20-,31-29-,44-42-,61-58-. The van der Waals surface area contributed by atoms with Gasteiger partial charge in [0.1, 0.15) is 19.3 Å². The summed E-state index contributed by atoms with van der Waals surface area (Å²) in [6.45, 7) is 6.84. The third-order valence-corrected chi connectivity index (χ3v) is 16.5. The van der Waals surface area contributed by atoms with Crippen molar-refractivity contribution in [3.05, 3.63) is 48.6 Å². The van der Waals surface area contributed by atoms with Crippen molar-refractivity contribution in [1.29, 1.82) is 0 Å². The van der Waals surface area contributed by atoms with E-state index in [0.29, 0.717) is 23.9 Å². The van der Waals surface area contributed by atoms with E-state index >= 15 is 0 Å². The van der Waals surface area contributed by atoms with E-state index in [1.165, 1.54) is 218 Å². The van der Waals surface area contributed by atoms with Crippen LogP contribution in [0.15, 0.2) is 48.6 Å². The Labute approximate surface area is 497 Å². The van der Waals surface area contributed by atoms with Crippen molar-refractivity contribution in [2.24, 2.45) is 0 Å². The second-order valence-corrected chi connectivity index (χ2v) is 26.1. The minimum absolute atomic E-state index is 0.0257. The van der Waals surface area contributed by atoms with Crippen LogP contribution in [0.25, 0.3) is 0 Å². The number of carbonyl (C=O) groups excluding carboxylic acids is 2. The number of amides is 1. The lowest BCUT2D eigenvalue weighted by Gasteiger charge is -2.30. The minimum Gasteiger partial charge on any atom is -0.756 e. The number of allylic oxidation sites excluding steroid dienone is 7. The quantitative estimate of drug-likeness (QED) is 0.0212. The molecule has 0 aliphatic rings. The SMILES string of the molecule is CCCCC/C=C\C/C=C\C/C=C\CCCCCCC(=O)NC(COP(=O)([O-])OCC[N+](C)(C)C)C(/C=C\CCCCCCCCCCCC)OC(=O)CCCCCCCCCCCCCCCCCCCCCCCCCCC. The van der Waals surface area contributed by atoms with Crippen LogP contribution in [-0.4, -0.2) is 69.4 Å². The average Bonchev–Trinajstić information content (AvgIpc) is 3.42. The lowest BCUT2D eigenvalue weighted by Crippen LogP contribution is -2.47. The summed E-state index contributed by atoms with van der Waals surface area (Å²) in [6.07, 6.45) is 75.2. The maximum Gasteiger partial charge on any atom is 0.306 e. The minimum atomic E-state index is -4.71. The van der Waals surface area contributed by atoms with E-state index in [1.54, 1.807) is 0 Å². The number of rotatable bonds is 63. The number of unbranched alkanes of at least 4 members (excludes halogenated alkanes) is 41. The maximum atomic E-state index is 13.5. The number of hydrogen-bond donors (Lipinski definition) is 1. The summed E-state index contributed by atoms with van der Waals surface area (Å²) in [5.41, 5.74) is 0. The van der Waals surface area contributed by atoms with E-state index in [4.69, 9.17) is 13.8 Å². The van der Waals surface area contributed by atoms with Crippen molar-refractivity contribution < 1.29 is 37.3 Å². The molecule has 3 unspecified atom stereocenters. The van der Waals surface area contributed by atoms with Gasteiger partial charge in [-0.15, -0.1) is 0 Å². The summed E-state index contributed by atoms with van der Waals surface area (Å²) in [5, 5.41) is 3.03. The van der Waals surface area contributed by atoms with Crippen LogP contribution in [0.4, 0.5) is 0 Å². The second-order valence-electron chi connectivity index (χ2n) is 24.7. The predicted molar refractivity (Wildman–Crippen MR) is 344 cm³/mol. The Morgan fingerprint density at radius 1 is 0.438 bits per heavy atom. The van der Waals surface area contributed by atoms with Gasteiger partial charge in [-0.05, 0) is 70.3 Å². The number of hydrogen-bond acceptors (Lipinski definition) is 7. The average molecular weight is 1150 g/mol. The molecular formula is C70H133N2O7P. The highest BCUT2D eigenvalue weighted by Crippen LogP contribution is 2.38. The van der Waals surface area contributed by atoms with Gasteiger partial charge in [0.2, 0.25) is 5.91 Å². The van der Waals surface area contributed by atoms with Gasteiger partial charge in [-0.2, -0.15) is 0 Å². The topological polar surface area (TPSA) is 114 Å². The molecule has 0 radical (unpaired) electrons. The third-order valence-electron chi connectivity index (χ3n) is 15.5. The van der Waals surface area contributed by atoms with Gasteiger partial charge in [-0.25, -0.2) is 0 Å². The molecule has 1 amide bonds. The highest BCUT2D eigenvalue weighted by atomic mass is 31.2. The normalized spacial score (nSPS) is 13.8. The first-order valence-corrected chi connectivity index (χ1v) is 35.9. The van der Waals surface area contributed by atoms with Crippen molar-refractivity contribution >= 4 is 19.7 Å². The molecule has 0 aromatic rings. The van der Waals surface area contributed by atoms with Gasteiger partial charge in [0.25, 0.3) is 7.82 Å². The molecule has 0 aliphatic carbocycles. The smallest absolute Gasteiger partial charge is 0.306 e. The fraction of sp³-hybridized carbons (Fsp3) is 0.857. The van der Waals surface area contributed by atoms with Crippen LogP contribution in [0.1, 0.15) is 335 Å². The molecule has 0 aliphatic heterocycles. The molecule has 0 heterocycles. The van der Waals surface area contributed by atoms with Crippen LogP contribution in [-0.2, 0) is 27.9 Å². The Kier molecular flexibility index (Phi) is 58.6. The first-order valence-electron chi connectivity index (χ1n) is 34.4. The Morgan fingerprint density at radius 3 is 1.16 bits per heavy atom. The van der Waals surface area contributed by atoms with E-state index < -0.39 is 26.6 Å². The van der Waals surface area contributed by atoms with Crippen molar-refractivity contribution in [1.82, 2.24) is 5.32 Å². The molecule has 1 N–H and O–H groups in total. The molecule has 10 heteroatoms. The fourth-order valence-corrected chi connectivity index (χ4v) is 10.9. The van der Waals surface area contributed by atoms with Crippen LogP contribution in [0.5, 0.6) is 0 Å². The number of likely N-dealkylation sites (N-methyl/N-ethyl adjacent to an activating group) is 1. The van der Waals surface area contributed by atoms with Crippen LogP contribution >= 0.6 is 7.82 Å². The van der Waals surface area contributed by atoms with Crippen LogP contribution in [0.3, 0.4) is 0 Å². The number of phosphoric ester groups is 1. The molecule has 0 bridgehead atoms. The number of phosphoric acid groups is 1. The molecule has 0 aromatic heterocycles. The second kappa shape index (κ2) is 60.1. The molecule has 0 spiro atoms. The van der Waals surface area contributed by atoms with Gasteiger partial charge >= 0.3 is 5.97 Å². The number of carbonyl (C=O) groups is 2. The van der Waals surface area contributed by atoms with Crippen molar-refractivity contribution in [3.8, 4) is 0 Å². The third kappa shape index (κ3) is 60.6. The number of nitrogens with zero attached hydrogens (tertiary/aromatic N) is 1. The summed E-state index contributed by atoms with van der Waals surface area (Å²) < 4.78 is 30.4. The molecule has 0 aromatic carbocycles. The molecule has 80 heavy (non-hydrogen) atoms. The molecule has 0 saturated heterocycles. The molecule has 9 nitrogen and oxygen atoms in total. The Morgan fingerprint density at radius 2 is 0.762 bits per heavy atom. The maximum absolute atomic E-state index is 13.5. The molecule has 0 fully saturated rings. The van der Waals surface area contributed by atoms with Crippen molar-refractivity contribution in [2.75, 3.05) is 40.9 Å². The largest absolute Gasteiger partial charge is 0.756 e. The number of nitrogens with one attached hydrogen (secondary N) is 1. The summed E-state index contributed by atoms with van der Waals surface area (Å²) in [5.74, 6) is -0.552. The van der Waals surface area contributed by atoms with E-state index in [2.05, 4.69) is 62.5 Å². The summed E-state index contributed by atoms with van der Waals surface area (Å²) >= 11 is 0. The lowest BCUT2D eigenvalue weighted by atomic mass is 10.0. The molecule has 0 saturated carbocycles. The van der Waals surface area contributed by atoms with E-state index in [9.17, 15) is 19.0 Å². The monoisotopic (exact) mass is 1140 g/mol. The fourth-order valence-electron chi connectivity index (χ4n) is 10.2. The zero-order valence-electron chi connectivity index (χ0n) is 53.8. The Hall–Kier alpha value is -2.03. The number of esters is 1. The number of ether oxygens (including phenoxy) is 1. The molecular weight excluding hydrogens is 1010 g/mol. The molecule has 0 rings (SSSR count). The summed E-state index contributed by atoms with van der Waals surface area (Å²) in [7, 11) is 1.18. The zero-order chi connectivity index (χ0) is 58.6.